The van der Waals surface area contributed by atoms with Crippen LogP contribution in [0.2, 0.25) is 0 Å². The van der Waals surface area contributed by atoms with Gasteiger partial charge in [0.2, 0.25) is 0 Å². The first kappa shape index (κ1) is 13.1. The van der Waals surface area contributed by atoms with Gasteiger partial charge in [0.15, 0.2) is 0 Å². The largest absolute Gasteiger partial charge is 0.467 e. The molecule has 1 atom stereocenters. The average Bonchev–Trinajstić information content (AvgIpc) is 2.97. The summed E-state index contributed by atoms with van der Waals surface area (Å²) in [7, 11) is 0. The van der Waals surface area contributed by atoms with E-state index in [4.69, 9.17) is 10.3 Å². The number of hydrogen-bond donors (Lipinski definition) is 2. The van der Waals surface area contributed by atoms with Crippen LogP contribution in [0.4, 0.5) is 0 Å². The summed E-state index contributed by atoms with van der Waals surface area (Å²) in [5.74, 6) is 7.00. The normalized spacial score (nSPS) is 20.6. The van der Waals surface area contributed by atoms with E-state index >= 15 is 0 Å². The van der Waals surface area contributed by atoms with Crippen molar-refractivity contribution in [2.45, 2.75) is 26.8 Å². The lowest BCUT2D eigenvalue weighted by Gasteiger charge is -2.17. The van der Waals surface area contributed by atoms with Crippen molar-refractivity contribution in [2.75, 3.05) is 13.1 Å². The number of hydrazine groups is 1. The van der Waals surface area contributed by atoms with Crippen molar-refractivity contribution in [1.82, 2.24) is 10.3 Å². The van der Waals surface area contributed by atoms with Gasteiger partial charge in [-0.25, -0.2) is 5.84 Å². The van der Waals surface area contributed by atoms with Crippen LogP contribution in [0.5, 0.6) is 0 Å². The summed E-state index contributed by atoms with van der Waals surface area (Å²) < 4.78 is 5.39. The predicted molar refractivity (Wildman–Crippen MR) is 68.6 cm³/mol. The third kappa shape index (κ3) is 2.73. The first-order chi connectivity index (χ1) is 8.61. The quantitative estimate of drug-likeness (QED) is 0.481. The van der Waals surface area contributed by atoms with E-state index in [1.807, 2.05) is 0 Å². The number of rotatable bonds is 4. The van der Waals surface area contributed by atoms with E-state index in [9.17, 15) is 4.79 Å². The second kappa shape index (κ2) is 5.54. The monoisotopic (exact) mass is 251 g/mol. The summed E-state index contributed by atoms with van der Waals surface area (Å²) in [6.07, 6.45) is 2.76. The van der Waals surface area contributed by atoms with Crippen LogP contribution < -0.4 is 11.3 Å². The molecule has 1 aliphatic rings. The van der Waals surface area contributed by atoms with Gasteiger partial charge >= 0.3 is 0 Å². The standard InChI is InChI=1S/C13H21N3O2/c1-9(2)10-3-5-16(7-10)8-12-11(4-6-18-12)13(17)15-14/h4,6,9-10H,3,5,7-8,14H2,1-2H3,(H,15,17). The molecular weight excluding hydrogens is 230 g/mol. The second-order valence-electron chi connectivity index (χ2n) is 5.26. The molecule has 18 heavy (non-hydrogen) atoms. The smallest absolute Gasteiger partial charge is 0.268 e. The van der Waals surface area contributed by atoms with Crippen molar-refractivity contribution in [1.29, 1.82) is 0 Å². The molecular formula is C13H21N3O2. The number of likely N-dealkylation sites (tertiary alicyclic amines) is 1. The molecule has 1 aliphatic heterocycles. The van der Waals surface area contributed by atoms with Gasteiger partial charge in [0.25, 0.3) is 5.91 Å². The Morgan fingerprint density at radius 2 is 2.44 bits per heavy atom. The molecule has 0 spiro atoms. The molecule has 0 bridgehead atoms. The van der Waals surface area contributed by atoms with Gasteiger partial charge in [0, 0.05) is 6.54 Å². The maximum Gasteiger partial charge on any atom is 0.268 e. The molecule has 1 aromatic rings. The molecule has 0 aliphatic carbocycles. The van der Waals surface area contributed by atoms with Crippen molar-refractivity contribution < 1.29 is 9.21 Å². The lowest BCUT2D eigenvalue weighted by molar-refractivity contribution is 0.0950. The third-order valence-electron chi connectivity index (χ3n) is 3.74. The number of carbonyl (C=O) groups is 1. The highest BCUT2D eigenvalue weighted by molar-refractivity contribution is 5.94. The molecule has 1 saturated heterocycles. The van der Waals surface area contributed by atoms with Crippen LogP contribution in [0.25, 0.3) is 0 Å². The van der Waals surface area contributed by atoms with Gasteiger partial charge in [0.1, 0.15) is 5.76 Å². The zero-order valence-corrected chi connectivity index (χ0v) is 11.0. The van der Waals surface area contributed by atoms with E-state index in [2.05, 4.69) is 24.2 Å². The molecule has 2 rings (SSSR count). The number of hydrogen-bond acceptors (Lipinski definition) is 4. The number of amides is 1. The summed E-state index contributed by atoms with van der Waals surface area (Å²) >= 11 is 0. The highest BCUT2D eigenvalue weighted by atomic mass is 16.3. The minimum atomic E-state index is -0.293. The number of furan rings is 1. The van der Waals surface area contributed by atoms with Gasteiger partial charge in [-0.3, -0.25) is 15.1 Å². The van der Waals surface area contributed by atoms with Gasteiger partial charge < -0.3 is 4.42 Å². The van der Waals surface area contributed by atoms with Crippen LogP contribution in [-0.2, 0) is 6.54 Å². The summed E-state index contributed by atoms with van der Waals surface area (Å²) in [6, 6.07) is 1.66. The molecule has 5 heteroatoms. The van der Waals surface area contributed by atoms with Gasteiger partial charge in [-0.2, -0.15) is 0 Å². The molecule has 0 saturated carbocycles. The van der Waals surface area contributed by atoms with Crippen LogP contribution in [-0.4, -0.2) is 23.9 Å². The lowest BCUT2D eigenvalue weighted by Crippen LogP contribution is -2.31. The highest BCUT2D eigenvalue weighted by Crippen LogP contribution is 2.25. The molecule has 1 aromatic heterocycles. The molecule has 3 N–H and O–H groups in total. The minimum Gasteiger partial charge on any atom is -0.467 e. The van der Waals surface area contributed by atoms with Crippen molar-refractivity contribution in [3.63, 3.8) is 0 Å². The van der Waals surface area contributed by atoms with Crippen LogP contribution in [0, 0.1) is 11.8 Å². The second-order valence-corrected chi connectivity index (χ2v) is 5.26. The Labute approximate surface area is 107 Å². The van der Waals surface area contributed by atoms with E-state index in [0.717, 1.165) is 19.0 Å². The van der Waals surface area contributed by atoms with Crippen LogP contribution in [0.3, 0.4) is 0 Å². The molecule has 5 nitrogen and oxygen atoms in total. The first-order valence-corrected chi connectivity index (χ1v) is 6.41. The number of carbonyl (C=O) groups excluding carboxylic acids is 1. The van der Waals surface area contributed by atoms with Crippen molar-refractivity contribution >= 4 is 5.91 Å². The van der Waals surface area contributed by atoms with Crippen molar-refractivity contribution in [2.24, 2.45) is 17.7 Å². The number of nitrogens with zero attached hydrogens (tertiary/aromatic N) is 1. The van der Waals surface area contributed by atoms with Crippen LogP contribution >= 0.6 is 0 Å². The van der Waals surface area contributed by atoms with E-state index in [0.29, 0.717) is 23.8 Å². The summed E-state index contributed by atoms with van der Waals surface area (Å²) in [4.78, 5) is 13.9. The summed E-state index contributed by atoms with van der Waals surface area (Å²) in [6.45, 7) is 7.33. The van der Waals surface area contributed by atoms with Gasteiger partial charge in [-0.1, -0.05) is 13.8 Å². The van der Waals surface area contributed by atoms with Crippen LogP contribution in [0.1, 0.15) is 36.4 Å². The third-order valence-corrected chi connectivity index (χ3v) is 3.74. The van der Waals surface area contributed by atoms with E-state index in [1.165, 1.54) is 12.7 Å². The molecule has 0 aromatic carbocycles. The topological polar surface area (TPSA) is 71.5 Å². The zero-order chi connectivity index (χ0) is 13.1. The van der Waals surface area contributed by atoms with E-state index in [-0.39, 0.29) is 5.91 Å². The number of nitrogens with one attached hydrogen (secondary N) is 1. The average molecular weight is 251 g/mol. The van der Waals surface area contributed by atoms with Crippen LogP contribution in [0.15, 0.2) is 16.7 Å². The van der Waals surface area contributed by atoms with Gasteiger partial charge in [-0.15, -0.1) is 0 Å². The predicted octanol–water partition coefficient (Wildman–Crippen LogP) is 1.36. The fourth-order valence-electron chi connectivity index (χ4n) is 2.50. The van der Waals surface area contributed by atoms with Gasteiger partial charge in [0.05, 0.1) is 18.4 Å². The Hall–Kier alpha value is -1.33. The zero-order valence-electron chi connectivity index (χ0n) is 11.0. The Morgan fingerprint density at radius 3 is 3.06 bits per heavy atom. The molecule has 1 fully saturated rings. The fraction of sp³-hybridized carbons (Fsp3) is 0.615. The first-order valence-electron chi connectivity index (χ1n) is 6.41. The number of nitrogens with two attached hydrogens (primary N) is 1. The molecule has 1 amide bonds. The Morgan fingerprint density at radius 1 is 1.67 bits per heavy atom. The van der Waals surface area contributed by atoms with Crippen molar-refractivity contribution in [3.05, 3.63) is 23.7 Å². The maximum atomic E-state index is 11.5. The van der Waals surface area contributed by atoms with E-state index in [1.54, 1.807) is 6.07 Å². The number of nitrogen functional groups attached to an aromatic ring is 1. The van der Waals surface area contributed by atoms with Crippen molar-refractivity contribution in [3.8, 4) is 0 Å². The maximum absolute atomic E-state index is 11.5. The Bertz CT molecular complexity index is 414. The fourth-order valence-corrected chi connectivity index (χ4v) is 2.50. The Balaban J connectivity index is 1.99. The summed E-state index contributed by atoms with van der Waals surface area (Å²) in [5, 5.41) is 0. The van der Waals surface area contributed by atoms with E-state index < -0.39 is 0 Å². The van der Waals surface area contributed by atoms with Gasteiger partial charge in [-0.05, 0) is 30.9 Å². The highest BCUT2D eigenvalue weighted by Gasteiger charge is 2.26. The Kier molecular flexibility index (Phi) is 4.04. The molecule has 1 unspecified atom stereocenters. The molecule has 2 heterocycles. The molecule has 100 valence electrons. The lowest BCUT2D eigenvalue weighted by atomic mass is 9.95. The molecule has 0 radical (unpaired) electrons. The minimum absolute atomic E-state index is 0.293. The summed E-state index contributed by atoms with van der Waals surface area (Å²) in [5.41, 5.74) is 2.68. The SMILES string of the molecule is CC(C)C1CCN(Cc2occc2C(=O)NN)C1.